The molecule has 0 amide bonds. The van der Waals surface area contributed by atoms with Crippen molar-refractivity contribution in [2.45, 2.75) is 297 Å². The van der Waals surface area contributed by atoms with E-state index in [1.54, 1.807) is 0 Å². The highest BCUT2D eigenvalue weighted by atomic mass is 16.6. The zero-order valence-electron chi connectivity index (χ0n) is 46.7. The lowest BCUT2D eigenvalue weighted by molar-refractivity contribution is -0.167. The van der Waals surface area contributed by atoms with Gasteiger partial charge in [0.05, 0.1) is 0 Å². The first-order valence-corrected chi connectivity index (χ1v) is 30.1. The molecular weight excluding hydrogens is 877 g/mol. The molecule has 6 nitrogen and oxygen atoms in total. The fourth-order valence-corrected chi connectivity index (χ4v) is 8.34. The van der Waals surface area contributed by atoms with Gasteiger partial charge in [0.25, 0.3) is 0 Å². The van der Waals surface area contributed by atoms with Crippen molar-refractivity contribution >= 4 is 17.9 Å². The zero-order valence-corrected chi connectivity index (χ0v) is 46.7. The van der Waals surface area contributed by atoms with Gasteiger partial charge in [0.2, 0.25) is 0 Å². The summed E-state index contributed by atoms with van der Waals surface area (Å²) in [6.45, 7) is 6.42. The van der Waals surface area contributed by atoms with Crippen LogP contribution in [0.3, 0.4) is 0 Å². The summed E-state index contributed by atoms with van der Waals surface area (Å²) < 4.78 is 16.8. The van der Waals surface area contributed by atoms with Gasteiger partial charge in [0.15, 0.2) is 6.10 Å². The van der Waals surface area contributed by atoms with Crippen molar-refractivity contribution in [2.75, 3.05) is 13.2 Å². The number of rotatable bonds is 54. The molecular formula is C65H112O6. The second-order valence-corrected chi connectivity index (χ2v) is 19.9. The van der Waals surface area contributed by atoms with Crippen LogP contribution in [-0.4, -0.2) is 37.2 Å². The number of ether oxygens (including phenoxy) is 3. The van der Waals surface area contributed by atoms with Gasteiger partial charge in [-0.05, 0) is 103 Å². The number of carbonyl (C=O) groups is 3. The van der Waals surface area contributed by atoms with E-state index in [2.05, 4.69) is 106 Å². The van der Waals surface area contributed by atoms with E-state index < -0.39 is 6.10 Å². The molecule has 1 unspecified atom stereocenters. The molecule has 0 aromatic rings. The van der Waals surface area contributed by atoms with Crippen molar-refractivity contribution in [3.8, 4) is 0 Å². The summed E-state index contributed by atoms with van der Waals surface area (Å²) >= 11 is 0. The van der Waals surface area contributed by atoms with E-state index in [1.165, 1.54) is 128 Å². The summed E-state index contributed by atoms with van der Waals surface area (Å²) in [5.41, 5.74) is 0. The molecule has 0 fully saturated rings. The summed E-state index contributed by atoms with van der Waals surface area (Å²) in [6, 6.07) is 0. The third kappa shape index (κ3) is 57.4. The number of hydrogen-bond acceptors (Lipinski definition) is 6. The molecule has 0 aromatic heterocycles. The zero-order chi connectivity index (χ0) is 51.4. The second kappa shape index (κ2) is 59.2. The van der Waals surface area contributed by atoms with Gasteiger partial charge in [-0.25, -0.2) is 0 Å². The van der Waals surface area contributed by atoms with Crippen molar-refractivity contribution in [1.29, 1.82) is 0 Å². The van der Waals surface area contributed by atoms with E-state index in [4.69, 9.17) is 14.2 Å². The average molecular weight is 990 g/mol. The highest BCUT2D eigenvalue weighted by molar-refractivity contribution is 5.71. The molecule has 408 valence electrons. The third-order valence-corrected chi connectivity index (χ3v) is 12.8. The molecule has 0 N–H and O–H groups in total. The molecule has 0 rings (SSSR count). The van der Waals surface area contributed by atoms with E-state index in [9.17, 15) is 14.4 Å². The summed E-state index contributed by atoms with van der Waals surface area (Å²) in [4.78, 5) is 38.1. The van der Waals surface area contributed by atoms with Gasteiger partial charge in [0.1, 0.15) is 13.2 Å². The minimum atomic E-state index is -0.785. The van der Waals surface area contributed by atoms with Gasteiger partial charge in [-0.1, -0.05) is 254 Å². The van der Waals surface area contributed by atoms with Gasteiger partial charge < -0.3 is 14.2 Å². The average Bonchev–Trinajstić information content (AvgIpc) is 3.37. The highest BCUT2D eigenvalue weighted by Gasteiger charge is 2.19. The van der Waals surface area contributed by atoms with Crippen LogP contribution in [0.1, 0.15) is 290 Å². The maximum Gasteiger partial charge on any atom is 0.306 e. The Hall–Kier alpha value is -3.41. The van der Waals surface area contributed by atoms with Crippen LogP contribution in [0.4, 0.5) is 0 Å². The summed E-state index contributed by atoms with van der Waals surface area (Å²) in [6.07, 6.45) is 77.4. The van der Waals surface area contributed by atoms with Crippen LogP contribution in [0.5, 0.6) is 0 Å². The largest absolute Gasteiger partial charge is 0.462 e. The molecule has 0 saturated heterocycles. The molecule has 0 heterocycles. The van der Waals surface area contributed by atoms with Crippen LogP contribution >= 0.6 is 0 Å². The van der Waals surface area contributed by atoms with Gasteiger partial charge in [-0.15, -0.1) is 0 Å². The fraction of sp³-hybridized carbons (Fsp3) is 0.738. The summed E-state index contributed by atoms with van der Waals surface area (Å²) in [5.74, 6) is -0.902. The first-order valence-electron chi connectivity index (χ1n) is 30.1. The highest BCUT2D eigenvalue weighted by Crippen LogP contribution is 2.16. The monoisotopic (exact) mass is 989 g/mol. The Morgan fingerprint density at radius 2 is 0.577 bits per heavy atom. The first-order chi connectivity index (χ1) is 35.0. The SMILES string of the molecule is CC/C=C\C/C=C\C/C=C\C/C=C\CCCCCCCCCCCCCCCCCCC(=O)OCC(COC(=O)CCCCCCC/C=C\CCC)OC(=O)CCCCCCC/C=C\C/C=C\CCCC. The van der Waals surface area contributed by atoms with Crippen LogP contribution in [0.25, 0.3) is 0 Å². The summed E-state index contributed by atoms with van der Waals surface area (Å²) in [7, 11) is 0. The number of unbranched alkanes of at least 4 members (excludes halogenated alkanes) is 29. The molecule has 0 aromatic carbocycles. The Morgan fingerprint density at radius 1 is 0.296 bits per heavy atom. The first kappa shape index (κ1) is 67.6. The van der Waals surface area contributed by atoms with Crippen LogP contribution in [0.15, 0.2) is 85.1 Å². The molecule has 0 spiro atoms. The standard InChI is InChI=1S/C65H112O6/c1-4-7-10-13-16-19-22-24-26-27-28-29-30-31-32-33-34-35-36-37-38-39-40-42-43-46-49-52-55-58-64(67)70-61-62(60-69-63(66)57-54-51-48-45-21-18-15-12-9-6-3)71-65(68)59-56-53-50-47-44-41-25-23-20-17-14-11-8-5-2/h7,10,12,14-17,19,23-26,28-29,62H,4-6,8-9,11,13,18,20-22,27,30-61H2,1-3H3/b10-7-,15-12-,17-14-,19-16-,25-23-,26-24-,29-28-. The minimum absolute atomic E-state index is 0.0830. The molecule has 0 aliphatic heterocycles. The Labute approximate surface area is 439 Å². The lowest BCUT2D eigenvalue weighted by Gasteiger charge is -2.18. The maximum atomic E-state index is 12.8. The minimum Gasteiger partial charge on any atom is -0.462 e. The van der Waals surface area contributed by atoms with Crippen molar-refractivity contribution in [3.63, 3.8) is 0 Å². The van der Waals surface area contributed by atoms with Gasteiger partial charge in [0, 0.05) is 19.3 Å². The Morgan fingerprint density at radius 3 is 0.930 bits per heavy atom. The van der Waals surface area contributed by atoms with Gasteiger partial charge in [-0.3, -0.25) is 14.4 Å². The smallest absolute Gasteiger partial charge is 0.306 e. The van der Waals surface area contributed by atoms with Crippen molar-refractivity contribution in [3.05, 3.63) is 85.1 Å². The Bertz CT molecular complexity index is 1370. The van der Waals surface area contributed by atoms with Crippen molar-refractivity contribution in [2.24, 2.45) is 0 Å². The fourth-order valence-electron chi connectivity index (χ4n) is 8.34. The van der Waals surface area contributed by atoms with Crippen LogP contribution in [-0.2, 0) is 28.6 Å². The Kier molecular flexibility index (Phi) is 56.3. The quantitative estimate of drug-likeness (QED) is 0.0261. The Balaban J connectivity index is 4.15. The lowest BCUT2D eigenvalue weighted by Crippen LogP contribution is -2.30. The molecule has 6 heteroatoms. The molecule has 0 radical (unpaired) electrons. The van der Waals surface area contributed by atoms with Crippen LogP contribution in [0, 0.1) is 0 Å². The second-order valence-electron chi connectivity index (χ2n) is 19.9. The molecule has 1 atom stereocenters. The van der Waals surface area contributed by atoms with Gasteiger partial charge in [-0.2, -0.15) is 0 Å². The van der Waals surface area contributed by atoms with Crippen LogP contribution in [0.2, 0.25) is 0 Å². The van der Waals surface area contributed by atoms with Gasteiger partial charge >= 0.3 is 17.9 Å². The number of esters is 3. The number of hydrogen-bond donors (Lipinski definition) is 0. The molecule has 0 aliphatic carbocycles. The predicted octanol–water partition coefficient (Wildman–Crippen LogP) is 20.3. The molecule has 0 saturated carbocycles. The van der Waals surface area contributed by atoms with Crippen molar-refractivity contribution < 1.29 is 28.6 Å². The van der Waals surface area contributed by atoms with E-state index >= 15 is 0 Å². The molecule has 0 bridgehead atoms. The molecule has 71 heavy (non-hydrogen) atoms. The number of allylic oxidation sites excluding steroid dienone is 14. The lowest BCUT2D eigenvalue weighted by atomic mass is 10.0. The predicted molar refractivity (Wildman–Crippen MR) is 307 cm³/mol. The van der Waals surface area contributed by atoms with E-state index in [-0.39, 0.29) is 31.1 Å². The number of carbonyl (C=O) groups excluding carboxylic acids is 3. The normalized spacial score (nSPS) is 12.7. The van der Waals surface area contributed by atoms with E-state index in [1.807, 2.05) is 0 Å². The van der Waals surface area contributed by atoms with Crippen LogP contribution < -0.4 is 0 Å². The maximum absolute atomic E-state index is 12.8. The molecule has 0 aliphatic rings. The summed E-state index contributed by atoms with van der Waals surface area (Å²) in [5, 5.41) is 0. The topological polar surface area (TPSA) is 78.9 Å². The van der Waals surface area contributed by atoms with E-state index in [0.717, 1.165) is 122 Å². The van der Waals surface area contributed by atoms with Crippen molar-refractivity contribution in [1.82, 2.24) is 0 Å². The van der Waals surface area contributed by atoms with E-state index in [0.29, 0.717) is 19.3 Å². The third-order valence-electron chi connectivity index (χ3n) is 12.8.